The molecule has 1 aromatic carbocycles. The summed E-state index contributed by atoms with van der Waals surface area (Å²) < 4.78 is 12.8. The van der Waals surface area contributed by atoms with Gasteiger partial charge in [-0.15, -0.1) is 0 Å². The minimum absolute atomic E-state index is 0.0654. The SMILES string of the molecule is NC1CCC2CN(CC(=O)NCCc3ccc(F)cc3)CC12. The number of amides is 1. The summed E-state index contributed by atoms with van der Waals surface area (Å²) in [7, 11) is 0. The first-order valence-electron chi connectivity index (χ1n) is 8.11. The van der Waals surface area contributed by atoms with Crippen LogP contribution >= 0.6 is 0 Å². The van der Waals surface area contributed by atoms with E-state index in [1.807, 2.05) is 0 Å². The van der Waals surface area contributed by atoms with E-state index in [4.69, 9.17) is 5.73 Å². The first-order valence-corrected chi connectivity index (χ1v) is 8.11. The lowest BCUT2D eigenvalue weighted by atomic mass is 9.98. The van der Waals surface area contributed by atoms with Gasteiger partial charge in [0.05, 0.1) is 6.54 Å². The lowest BCUT2D eigenvalue weighted by Gasteiger charge is -2.17. The van der Waals surface area contributed by atoms with Gasteiger partial charge in [-0.3, -0.25) is 9.69 Å². The average molecular weight is 305 g/mol. The van der Waals surface area contributed by atoms with Gasteiger partial charge in [-0.05, 0) is 48.8 Å². The zero-order chi connectivity index (χ0) is 15.5. The summed E-state index contributed by atoms with van der Waals surface area (Å²) >= 11 is 0. The van der Waals surface area contributed by atoms with Crippen molar-refractivity contribution in [1.29, 1.82) is 0 Å². The van der Waals surface area contributed by atoms with Crippen LogP contribution in [0.1, 0.15) is 18.4 Å². The number of hydrogen-bond donors (Lipinski definition) is 2. The molecule has 0 aromatic heterocycles. The van der Waals surface area contributed by atoms with Crippen molar-refractivity contribution < 1.29 is 9.18 Å². The minimum Gasteiger partial charge on any atom is -0.355 e. The fourth-order valence-corrected chi connectivity index (χ4v) is 3.79. The highest BCUT2D eigenvalue weighted by Crippen LogP contribution is 2.36. The van der Waals surface area contributed by atoms with E-state index in [0.29, 0.717) is 31.0 Å². The zero-order valence-corrected chi connectivity index (χ0v) is 12.8. The Kier molecular flexibility index (Phi) is 4.74. The van der Waals surface area contributed by atoms with Gasteiger partial charge in [0.15, 0.2) is 0 Å². The van der Waals surface area contributed by atoms with Crippen molar-refractivity contribution in [3.05, 3.63) is 35.6 Å². The molecule has 1 saturated carbocycles. The van der Waals surface area contributed by atoms with Crippen molar-refractivity contribution in [2.45, 2.75) is 25.3 Å². The van der Waals surface area contributed by atoms with Gasteiger partial charge in [-0.25, -0.2) is 4.39 Å². The summed E-state index contributed by atoms with van der Waals surface area (Å²) in [5.74, 6) is 1.09. The molecular formula is C17H24FN3O. The second-order valence-electron chi connectivity index (χ2n) is 6.59. The van der Waals surface area contributed by atoms with Crippen LogP contribution in [-0.2, 0) is 11.2 Å². The molecule has 1 aliphatic carbocycles. The molecule has 3 rings (SSSR count). The minimum atomic E-state index is -0.231. The van der Waals surface area contributed by atoms with Gasteiger partial charge in [-0.2, -0.15) is 0 Å². The molecule has 5 heteroatoms. The molecule has 3 N–H and O–H groups in total. The third-order valence-electron chi connectivity index (χ3n) is 5.00. The Balaban J connectivity index is 1.37. The number of nitrogens with one attached hydrogen (secondary N) is 1. The molecule has 1 aliphatic heterocycles. The molecule has 2 fully saturated rings. The van der Waals surface area contributed by atoms with Crippen LogP contribution in [-0.4, -0.2) is 43.0 Å². The molecule has 0 bridgehead atoms. The van der Waals surface area contributed by atoms with E-state index in [1.54, 1.807) is 12.1 Å². The van der Waals surface area contributed by atoms with E-state index in [1.165, 1.54) is 18.6 Å². The summed E-state index contributed by atoms with van der Waals surface area (Å²) in [6.07, 6.45) is 3.06. The zero-order valence-electron chi connectivity index (χ0n) is 12.8. The highest BCUT2D eigenvalue weighted by Gasteiger charge is 2.41. The molecule has 0 radical (unpaired) electrons. The van der Waals surface area contributed by atoms with Gasteiger partial charge in [0, 0.05) is 25.7 Å². The Hall–Kier alpha value is -1.46. The van der Waals surface area contributed by atoms with E-state index in [9.17, 15) is 9.18 Å². The van der Waals surface area contributed by atoms with Gasteiger partial charge < -0.3 is 11.1 Å². The van der Waals surface area contributed by atoms with Gasteiger partial charge >= 0.3 is 0 Å². The second-order valence-corrected chi connectivity index (χ2v) is 6.59. The molecule has 2 aliphatic rings. The Labute approximate surface area is 130 Å². The van der Waals surface area contributed by atoms with E-state index in [2.05, 4.69) is 10.2 Å². The molecule has 3 unspecified atom stereocenters. The molecule has 3 atom stereocenters. The number of carbonyl (C=O) groups excluding carboxylic acids is 1. The predicted molar refractivity (Wildman–Crippen MR) is 83.7 cm³/mol. The van der Waals surface area contributed by atoms with Crippen LogP contribution in [0.2, 0.25) is 0 Å². The number of likely N-dealkylation sites (tertiary alicyclic amines) is 1. The summed E-state index contributed by atoms with van der Waals surface area (Å²) in [6.45, 7) is 3.01. The molecule has 0 spiro atoms. The Morgan fingerprint density at radius 2 is 2.05 bits per heavy atom. The number of carbonyl (C=O) groups is 1. The lowest BCUT2D eigenvalue weighted by Crippen LogP contribution is -2.38. The number of rotatable bonds is 5. The van der Waals surface area contributed by atoms with Crippen LogP contribution in [0, 0.1) is 17.7 Å². The van der Waals surface area contributed by atoms with Crippen LogP contribution in [0.4, 0.5) is 4.39 Å². The van der Waals surface area contributed by atoms with E-state index < -0.39 is 0 Å². The smallest absolute Gasteiger partial charge is 0.234 e. The van der Waals surface area contributed by atoms with E-state index in [0.717, 1.165) is 31.5 Å². The standard InChI is InChI=1S/C17H24FN3O/c18-14-4-1-12(2-5-14)7-8-20-17(22)11-21-9-13-3-6-16(19)15(13)10-21/h1-2,4-5,13,15-16H,3,6-11,19H2,(H,20,22). The summed E-state index contributed by atoms with van der Waals surface area (Å²) in [5, 5.41) is 2.94. The predicted octanol–water partition coefficient (Wildman–Crippen LogP) is 1.15. The van der Waals surface area contributed by atoms with Crippen molar-refractivity contribution >= 4 is 5.91 Å². The Morgan fingerprint density at radius 1 is 1.27 bits per heavy atom. The van der Waals surface area contributed by atoms with Gasteiger partial charge in [0.25, 0.3) is 0 Å². The monoisotopic (exact) mass is 305 g/mol. The number of fused-ring (bicyclic) bond motifs is 1. The second kappa shape index (κ2) is 6.75. The van der Waals surface area contributed by atoms with Gasteiger partial charge in [-0.1, -0.05) is 12.1 Å². The highest BCUT2D eigenvalue weighted by molar-refractivity contribution is 5.78. The quantitative estimate of drug-likeness (QED) is 0.858. The van der Waals surface area contributed by atoms with E-state index >= 15 is 0 Å². The Bertz CT molecular complexity index is 519. The maximum Gasteiger partial charge on any atom is 0.234 e. The lowest BCUT2D eigenvalue weighted by molar-refractivity contribution is -0.122. The number of benzene rings is 1. The van der Waals surface area contributed by atoms with Crippen LogP contribution in [0.15, 0.2) is 24.3 Å². The van der Waals surface area contributed by atoms with Crippen LogP contribution < -0.4 is 11.1 Å². The van der Waals surface area contributed by atoms with Crippen molar-refractivity contribution in [2.24, 2.45) is 17.6 Å². The highest BCUT2D eigenvalue weighted by atomic mass is 19.1. The molecule has 120 valence electrons. The van der Waals surface area contributed by atoms with Crippen molar-refractivity contribution in [3.63, 3.8) is 0 Å². The Morgan fingerprint density at radius 3 is 2.77 bits per heavy atom. The van der Waals surface area contributed by atoms with Crippen molar-refractivity contribution in [3.8, 4) is 0 Å². The number of nitrogens with zero attached hydrogens (tertiary/aromatic N) is 1. The fraction of sp³-hybridized carbons (Fsp3) is 0.588. The summed E-state index contributed by atoms with van der Waals surface area (Å²) in [6, 6.07) is 6.72. The van der Waals surface area contributed by atoms with Crippen LogP contribution in [0.5, 0.6) is 0 Å². The summed E-state index contributed by atoms with van der Waals surface area (Å²) in [5.41, 5.74) is 7.15. The molecule has 22 heavy (non-hydrogen) atoms. The number of halogens is 1. The van der Waals surface area contributed by atoms with Gasteiger partial charge in [0.2, 0.25) is 5.91 Å². The van der Waals surface area contributed by atoms with E-state index in [-0.39, 0.29) is 11.7 Å². The molecule has 1 amide bonds. The fourth-order valence-electron chi connectivity index (χ4n) is 3.79. The third kappa shape index (κ3) is 3.65. The number of hydrogen-bond acceptors (Lipinski definition) is 3. The molecule has 4 nitrogen and oxygen atoms in total. The first kappa shape index (κ1) is 15.4. The molecule has 1 aromatic rings. The van der Waals surface area contributed by atoms with Crippen LogP contribution in [0.25, 0.3) is 0 Å². The molecule has 1 heterocycles. The largest absolute Gasteiger partial charge is 0.355 e. The van der Waals surface area contributed by atoms with Gasteiger partial charge in [0.1, 0.15) is 5.82 Å². The maximum atomic E-state index is 12.8. The van der Waals surface area contributed by atoms with Crippen molar-refractivity contribution in [1.82, 2.24) is 10.2 Å². The summed E-state index contributed by atoms with van der Waals surface area (Å²) in [4.78, 5) is 14.2. The topological polar surface area (TPSA) is 58.4 Å². The third-order valence-corrected chi connectivity index (χ3v) is 5.00. The number of nitrogens with two attached hydrogens (primary N) is 1. The van der Waals surface area contributed by atoms with Crippen LogP contribution in [0.3, 0.4) is 0 Å². The first-order chi connectivity index (χ1) is 10.6. The maximum absolute atomic E-state index is 12.8. The van der Waals surface area contributed by atoms with Crippen molar-refractivity contribution in [2.75, 3.05) is 26.2 Å². The average Bonchev–Trinajstić information content (AvgIpc) is 3.03. The molecule has 1 saturated heterocycles. The normalized spacial score (nSPS) is 27.8. The molecular weight excluding hydrogens is 281 g/mol.